The summed E-state index contributed by atoms with van der Waals surface area (Å²) >= 11 is 0. The van der Waals surface area contributed by atoms with Crippen molar-refractivity contribution in [2.24, 2.45) is 0 Å². The number of benzene rings is 15. The molecule has 0 N–H and O–H groups in total. The second-order valence-corrected chi connectivity index (χ2v) is 27.4. The Kier molecular flexibility index (Phi) is 12.2. The minimum Gasteiger partial charge on any atom is -0.309 e. The lowest BCUT2D eigenvalue weighted by molar-refractivity contribution is 0.591. The van der Waals surface area contributed by atoms with Gasteiger partial charge in [0.25, 0.3) is 0 Å². The van der Waals surface area contributed by atoms with Gasteiger partial charge < -0.3 is 18.3 Å². The van der Waals surface area contributed by atoms with Gasteiger partial charge in [-0.3, -0.25) is 0 Å². The van der Waals surface area contributed by atoms with Crippen LogP contribution in [0.4, 0.5) is 0 Å². The average molecular weight is 1250 g/mol. The Hall–Kier alpha value is -12.6. The maximum absolute atomic E-state index is 5.82. The van der Waals surface area contributed by atoms with Gasteiger partial charge in [0.2, 0.25) is 0 Å². The van der Waals surface area contributed by atoms with E-state index in [9.17, 15) is 0 Å². The van der Waals surface area contributed by atoms with Crippen molar-refractivity contribution >= 4 is 120 Å². The summed E-state index contributed by atoms with van der Waals surface area (Å²) in [4.78, 5) is 11.6. The van der Waals surface area contributed by atoms with Crippen LogP contribution >= 0.6 is 0 Å². The van der Waals surface area contributed by atoms with Crippen molar-refractivity contribution in [1.82, 2.24) is 28.2 Å². The van der Waals surface area contributed by atoms with Crippen LogP contribution in [0, 0.1) is 0 Å². The molecule has 6 nitrogen and oxygen atoms in total. The fourth-order valence-electron chi connectivity index (χ4n) is 15.9. The molecule has 0 aliphatic rings. The third kappa shape index (κ3) is 8.67. The van der Waals surface area contributed by atoms with E-state index in [1.807, 2.05) is 0 Å². The molecule has 15 aromatic carbocycles. The Morgan fingerprint density at radius 1 is 0.224 bits per heavy atom. The Balaban J connectivity index is 0.839. The molecule has 20 rings (SSSR count). The number of para-hydroxylation sites is 6. The van der Waals surface area contributed by atoms with E-state index in [4.69, 9.17) is 9.97 Å². The summed E-state index contributed by atoms with van der Waals surface area (Å²) in [5.74, 6) is 0.643. The highest BCUT2D eigenvalue weighted by molar-refractivity contribution is 6.16. The van der Waals surface area contributed by atoms with E-state index in [0.717, 1.165) is 106 Å². The molecule has 5 heterocycles. The van der Waals surface area contributed by atoms with Crippen LogP contribution in [0.2, 0.25) is 0 Å². The Morgan fingerprint density at radius 3 is 1.14 bits per heavy atom. The third-order valence-corrected chi connectivity index (χ3v) is 20.6. The van der Waals surface area contributed by atoms with Crippen LogP contribution in [-0.4, -0.2) is 28.2 Å². The maximum Gasteiger partial charge on any atom is 0.160 e. The molecule has 5 aromatic heterocycles. The molecule has 0 fully saturated rings. The monoisotopic (exact) mass is 1250 g/mol. The van der Waals surface area contributed by atoms with Crippen molar-refractivity contribution in [1.29, 1.82) is 0 Å². The highest BCUT2D eigenvalue weighted by Crippen LogP contribution is 2.44. The summed E-state index contributed by atoms with van der Waals surface area (Å²) in [7, 11) is 0. The second kappa shape index (κ2) is 21.4. The quantitative estimate of drug-likeness (QED) is 0.142. The highest BCUT2D eigenvalue weighted by atomic mass is 15.0. The largest absolute Gasteiger partial charge is 0.309 e. The van der Waals surface area contributed by atoms with E-state index >= 15 is 0 Å². The van der Waals surface area contributed by atoms with Crippen LogP contribution < -0.4 is 0 Å². The van der Waals surface area contributed by atoms with Gasteiger partial charge in [-0.2, -0.15) is 0 Å². The Labute approximate surface area is 565 Å². The minimum absolute atomic E-state index is 0.0188. The fraction of sp³-hybridized carbons (Fsp3) is 0.0435. The van der Waals surface area contributed by atoms with Gasteiger partial charge in [-0.25, -0.2) is 9.97 Å². The van der Waals surface area contributed by atoms with Gasteiger partial charge in [0.15, 0.2) is 5.82 Å². The predicted molar refractivity (Wildman–Crippen MR) is 412 cm³/mol. The van der Waals surface area contributed by atoms with Gasteiger partial charge in [-0.1, -0.05) is 227 Å². The van der Waals surface area contributed by atoms with Crippen LogP contribution in [-0.2, 0) is 5.41 Å². The zero-order chi connectivity index (χ0) is 64.9. The third-order valence-electron chi connectivity index (χ3n) is 20.6. The normalized spacial score (nSPS) is 12.2. The van der Waals surface area contributed by atoms with Gasteiger partial charge in [-0.15, -0.1) is 0 Å². The minimum atomic E-state index is 0.0188. The molecular formula is C92H62N6. The first-order valence-electron chi connectivity index (χ1n) is 33.9. The zero-order valence-corrected chi connectivity index (χ0v) is 54.3. The first-order valence-corrected chi connectivity index (χ1v) is 33.9. The SMILES string of the molecule is CC(C)(C)c1ccc2cc(-c3nc(-c4cc(-n5c6ccccc6c6ccc(-c7ccc8c(c7)c7ccccc7n8-c7ccccc7)cc65)cc(-n5c6ccccc6c6ccc(-c7ccc8c(c7)c7ccccc7n8-c7ccccc7)cc65)c4)nc4c3ccc3ccccc34)ccc2c1. The number of hydrogen-bond acceptors (Lipinski definition) is 2. The van der Waals surface area contributed by atoms with Crippen LogP contribution in [0.3, 0.4) is 0 Å². The molecule has 0 unspecified atom stereocenters. The number of fused-ring (bicyclic) bond motifs is 16. The molecule has 6 heteroatoms. The van der Waals surface area contributed by atoms with E-state index in [-0.39, 0.29) is 5.41 Å². The standard InChI is InChI=1S/C92H62N6/c1-92(2,3)66-42-36-58-48-64(35-34-59(58)49-66)89-78-45-37-57-20-10-11-25-71(57)90(78)94-91(93-89)65-50-69(97-81-30-16-12-26-72(81)76-43-38-62(54-87(76)97)60-40-46-85-79(52-60)74-28-14-18-32-83(74)95(85)67-21-6-4-7-22-67)56-70(51-65)98-82-31-17-13-27-73(82)77-44-39-63(55-88(77)98)61-41-47-86-80(53-61)75-29-15-19-33-84(75)96(86)68-23-8-5-9-24-68/h4-56H,1-3H3. The smallest absolute Gasteiger partial charge is 0.160 e. The molecule has 0 aliphatic heterocycles. The van der Waals surface area contributed by atoms with Crippen LogP contribution in [0.1, 0.15) is 26.3 Å². The summed E-state index contributed by atoms with van der Waals surface area (Å²) in [6, 6.07) is 119. The van der Waals surface area contributed by atoms with E-state index in [1.165, 1.54) is 81.5 Å². The summed E-state index contributed by atoms with van der Waals surface area (Å²) < 4.78 is 9.74. The summed E-state index contributed by atoms with van der Waals surface area (Å²) in [5.41, 5.74) is 23.0. The van der Waals surface area contributed by atoms with Crippen molar-refractivity contribution in [3.8, 4) is 67.6 Å². The number of hydrogen-bond donors (Lipinski definition) is 0. The fourth-order valence-corrected chi connectivity index (χ4v) is 15.9. The Bertz CT molecular complexity index is 6420. The van der Waals surface area contributed by atoms with Gasteiger partial charge >= 0.3 is 0 Å². The topological polar surface area (TPSA) is 45.5 Å². The van der Waals surface area contributed by atoms with Gasteiger partial charge in [0, 0.05) is 87.7 Å². The second-order valence-electron chi connectivity index (χ2n) is 27.4. The van der Waals surface area contributed by atoms with Crippen LogP contribution in [0.15, 0.2) is 322 Å². The first-order chi connectivity index (χ1) is 48.2. The van der Waals surface area contributed by atoms with Gasteiger partial charge in [0.05, 0.1) is 55.3 Å². The number of rotatable bonds is 8. The molecule has 0 saturated carbocycles. The molecule has 0 atom stereocenters. The van der Waals surface area contributed by atoms with E-state index in [0.29, 0.717) is 5.82 Å². The molecule has 98 heavy (non-hydrogen) atoms. The van der Waals surface area contributed by atoms with E-state index in [1.54, 1.807) is 0 Å². The van der Waals surface area contributed by atoms with E-state index < -0.39 is 0 Å². The molecule has 0 saturated heterocycles. The lowest BCUT2D eigenvalue weighted by Crippen LogP contribution is -2.10. The summed E-state index contributed by atoms with van der Waals surface area (Å²) in [5, 5.41) is 15.2. The van der Waals surface area contributed by atoms with Crippen LogP contribution in [0.25, 0.3) is 187 Å². The predicted octanol–water partition coefficient (Wildman–Crippen LogP) is 24.3. The average Bonchev–Trinajstić information content (AvgIpc) is 1.43. The summed E-state index contributed by atoms with van der Waals surface area (Å²) in [6.07, 6.45) is 0. The van der Waals surface area contributed by atoms with Crippen molar-refractivity contribution in [2.75, 3.05) is 0 Å². The number of aromatic nitrogens is 6. The molecule has 460 valence electrons. The Morgan fingerprint density at radius 2 is 0.612 bits per heavy atom. The molecule has 0 amide bonds. The van der Waals surface area contributed by atoms with Gasteiger partial charge in [0.1, 0.15) is 0 Å². The summed E-state index contributed by atoms with van der Waals surface area (Å²) in [6.45, 7) is 6.84. The highest BCUT2D eigenvalue weighted by Gasteiger charge is 2.24. The van der Waals surface area contributed by atoms with Crippen molar-refractivity contribution in [3.05, 3.63) is 327 Å². The molecular weight excluding hydrogens is 1190 g/mol. The van der Waals surface area contributed by atoms with Crippen molar-refractivity contribution in [2.45, 2.75) is 26.2 Å². The van der Waals surface area contributed by atoms with Crippen molar-refractivity contribution in [3.63, 3.8) is 0 Å². The molecule has 0 spiro atoms. The first kappa shape index (κ1) is 55.8. The molecule has 20 aromatic rings. The molecule has 0 radical (unpaired) electrons. The van der Waals surface area contributed by atoms with Crippen LogP contribution in [0.5, 0.6) is 0 Å². The lowest BCUT2D eigenvalue weighted by Gasteiger charge is -2.19. The van der Waals surface area contributed by atoms with E-state index in [2.05, 4.69) is 361 Å². The zero-order valence-electron chi connectivity index (χ0n) is 54.3. The lowest BCUT2D eigenvalue weighted by atomic mass is 9.85. The molecule has 0 bridgehead atoms. The van der Waals surface area contributed by atoms with Crippen molar-refractivity contribution < 1.29 is 0 Å². The maximum atomic E-state index is 5.82. The molecule has 0 aliphatic carbocycles. The number of nitrogens with zero attached hydrogens (tertiary/aromatic N) is 6. The van der Waals surface area contributed by atoms with Gasteiger partial charge in [-0.05, 0) is 165 Å².